The molecule has 4 rings (SSSR count). The Hall–Kier alpha value is -1.07. The lowest BCUT2D eigenvalue weighted by atomic mass is 9.97. The molecule has 0 bridgehead atoms. The zero-order chi connectivity index (χ0) is 17.9. The zero-order valence-electron chi connectivity index (χ0n) is 16.9. The molecule has 2 aromatic rings. The van der Waals surface area contributed by atoms with Gasteiger partial charge in [0, 0.05) is 18.0 Å². The summed E-state index contributed by atoms with van der Waals surface area (Å²) in [6, 6.07) is 10.8. The number of benzene rings is 1. The molecule has 0 amide bonds. The second kappa shape index (κ2) is 10.6. The highest BCUT2D eigenvalue weighted by atomic mass is 35.5. The number of hydrogen-bond donors (Lipinski definition) is 1. The number of nitrogens with zero attached hydrogens (tertiary/aromatic N) is 2. The van der Waals surface area contributed by atoms with E-state index in [9.17, 15) is 0 Å². The molecule has 2 aliphatic rings. The van der Waals surface area contributed by atoms with Gasteiger partial charge in [0.05, 0.1) is 6.04 Å². The Morgan fingerprint density at radius 3 is 2.50 bits per heavy atom. The molecule has 28 heavy (non-hydrogen) atoms. The van der Waals surface area contributed by atoms with Crippen molar-refractivity contribution in [3.05, 3.63) is 42.0 Å². The molecule has 0 radical (unpaired) electrons. The van der Waals surface area contributed by atoms with E-state index < -0.39 is 0 Å². The number of rotatable bonds is 5. The number of likely N-dealkylation sites (tertiary alicyclic amines) is 1. The van der Waals surface area contributed by atoms with Gasteiger partial charge in [-0.25, -0.2) is 4.98 Å². The van der Waals surface area contributed by atoms with Crippen molar-refractivity contribution < 1.29 is 4.42 Å². The first-order valence-electron chi connectivity index (χ1n) is 10.2. The summed E-state index contributed by atoms with van der Waals surface area (Å²) in [7, 11) is 0. The Morgan fingerprint density at radius 1 is 1.11 bits per heavy atom. The van der Waals surface area contributed by atoms with E-state index in [1.807, 2.05) is 0 Å². The normalized spacial score (nSPS) is 20.8. The van der Waals surface area contributed by atoms with Crippen LogP contribution in [-0.2, 0) is 0 Å². The Balaban J connectivity index is 0.00000140. The van der Waals surface area contributed by atoms with Crippen LogP contribution >= 0.6 is 24.8 Å². The molecular weight excluding hydrogens is 393 g/mol. The molecule has 0 saturated carbocycles. The second-order valence-corrected chi connectivity index (χ2v) is 8.13. The van der Waals surface area contributed by atoms with Crippen LogP contribution in [0.3, 0.4) is 0 Å². The van der Waals surface area contributed by atoms with Crippen LogP contribution in [0, 0.1) is 5.92 Å². The minimum atomic E-state index is 0. The third-order valence-corrected chi connectivity index (χ3v) is 5.84. The third kappa shape index (κ3) is 5.10. The minimum Gasteiger partial charge on any atom is -0.443 e. The summed E-state index contributed by atoms with van der Waals surface area (Å²) in [5.74, 6) is 3.11. The van der Waals surface area contributed by atoms with Gasteiger partial charge in [0.25, 0.3) is 0 Å². The van der Waals surface area contributed by atoms with Crippen LogP contribution < -0.4 is 5.32 Å². The Morgan fingerprint density at radius 2 is 1.82 bits per heavy atom. The molecule has 1 N–H and O–H groups in total. The lowest BCUT2D eigenvalue weighted by Gasteiger charge is -2.30. The predicted molar refractivity (Wildman–Crippen MR) is 120 cm³/mol. The smallest absolute Gasteiger partial charge is 0.212 e. The van der Waals surface area contributed by atoms with Crippen LogP contribution in [0.4, 0.5) is 0 Å². The molecule has 2 saturated heterocycles. The van der Waals surface area contributed by atoms with Gasteiger partial charge in [0.1, 0.15) is 11.5 Å². The maximum atomic E-state index is 6.37. The maximum Gasteiger partial charge on any atom is 0.212 e. The first-order chi connectivity index (χ1) is 12.7. The highest BCUT2D eigenvalue weighted by Gasteiger charge is 2.33. The van der Waals surface area contributed by atoms with Crippen molar-refractivity contribution in [3.63, 3.8) is 0 Å². The summed E-state index contributed by atoms with van der Waals surface area (Å²) in [4.78, 5) is 7.63. The molecule has 0 spiro atoms. The van der Waals surface area contributed by atoms with E-state index >= 15 is 0 Å². The second-order valence-electron chi connectivity index (χ2n) is 8.13. The minimum absolute atomic E-state index is 0. The van der Waals surface area contributed by atoms with E-state index in [1.165, 1.54) is 32.4 Å². The lowest BCUT2D eigenvalue weighted by molar-refractivity contribution is 0.171. The fraction of sp³-hybridized carbons (Fsp3) is 0.591. The van der Waals surface area contributed by atoms with Crippen molar-refractivity contribution in [2.45, 2.75) is 51.5 Å². The van der Waals surface area contributed by atoms with E-state index in [1.54, 1.807) is 0 Å². The van der Waals surface area contributed by atoms with E-state index in [0.717, 1.165) is 48.3 Å². The van der Waals surface area contributed by atoms with Gasteiger partial charge in [-0.1, -0.05) is 44.2 Å². The molecule has 1 aromatic carbocycles. The quantitative estimate of drug-likeness (QED) is 0.691. The number of oxazole rings is 1. The fourth-order valence-corrected chi connectivity index (χ4v) is 4.41. The summed E-state index contributed by atoms with van der Waals surface area (Å²) >= 11 is 0. The largest absolute Gasteiger partial charge is 0.443 e. The average molecular weight is 426 g/mol. The van der Waals surface area contributed by atoms with E-state index in [-0.39, 0.29) is 24.8 Å². The molecule has 4 nitrogen and oxygen atoms in total. The molecule has 6 heteroatoms. The van der Waals surface area contributed by atoms with Gasteiger partial charge in [-0.05, 0) is 51.2 Å². The topological polar surface area (TPSA) is 41.3 Å². The summed E-state index contributed by atoms with van der Waals surface area (Å²) in [6.45, 7) is 9.08. The molecule has 1 aromatic heterocycles. The number of halogens is 2. The predicted octanol–water partition coefficient (Wildman–Crippen LogP) is 5.45. The van der Waals surface area contributed by atoms with E-state index in [4.69, 9.17) is 9.40 Å². The highest BCUT2D eigenvalue weighted by Crippen LogP contribution is 2.37. The van der Waals surface area contributed by atoms with Crippen molar-refractivity contribution in [2.75, 3.05) is 26.2 Å². The standard InChI is InChI=1S/C22H31N3O.2ClH/c1-16(2)21-20(18-7-4-3-5-8-18)24-22(26-21)19-9-6-14-25(19)15-17-10-12-23-13-11-17;;/h3-5,7-8,16-17,19,23H,6,9-15H2,1-2H3;2*1H. The van der Waals surface area contributed by atoms with Crippen molar-refractivity contribution >= 4 is 24.8 Å². The lowest BCUT2D eigenvalue weighted by Crippen LogP contribution is -2.36. The summed E-state index contributed by atoms with van der Waals surface area (Å²) in [6.07, 6.45) is 5.00. The number of hydrogen-bond acceptors (Lipinski definition) is 4. The molecule has 2 fully saturated rings. The summed E-state index contributed by atoms with van der Waals surface area (Å²) in [5.41, 5.74) is 2.19. The summed E-state index contributed by atoms with van der Waals surface area (Å²) in [5, 5.41) is 3.47. The van der Waals surface area contributed by atoms with Gasteiger partial charge in [-0.15, -0.1) is 24.8 Å². The Bertz CT molecular complexity index is 714. The fourth-order valence-electron chi connectivity index (χ4n) is 4.41. The van der Waals surface area contributed by atoms with Gasteiger partial charge in [0.15, 0.2) is 0 Å². The van der Waals surface area contributed by atoms with Crippen LogP contribution in [0.15, 0.2) is 34.7 Å². The summed E-state index contributed by atoms with van der Waals surface area (Å²) < 4.78 is 6.37. The highest BCUT2D eigenvalue weighted by molar-refractivity contribution is 5.85. The van der Waals surface area contributed by atoms with Crippen LogP contribution in [0.5, 0.6) is 0 Å². The van der Waals surface area contributed by atoms with Gasteiger partial charge in [0.2, 0.25) is 5.89 Å². The van der Waals surface area contributed by atoms with Crippen LogP contribution in [0.2, 0.25) is 0 Å². The van der Waals surface area contributed by atoms with Crippen molar-refractivity contribution in [2.24, 2.45) is 5.92 Å². The Labute approximate surface area is 181 Å². The van der Waals surface area contributed by atoms with Crippen molar-refractivity contribution in [1.82, 2.24) is 15.2 Å². The molecular formula is C22H33Cl2N3O. The average Bonchev–Trinajstić information content (AvgIpc) is 3.30. The van der Waals surface area contributed by atoms with Gasteiger partial charge < -0.3 is 9.73 Å². The Kier molecular flexibility index (Phi) is 8.81. The molecule has 1 unspecified atom stereocenters. The van der Waals surface area contributed by atoms with Crippen molar-refractivity contribution in [3.8, 4) is 11.3 Å². The number of nitrogens with one attached hydrogen (secondary N) is 1. The van der Waals surface area contributed by atoms with E-state index in [2.05, 4.69) is 54.4 Å². The molecule has 0 aliphatic carbocycles. The molecule has 156 valence electrons. The molecule has 2 aliphatic heterocycles. The van der Waals surface area contributed by atoms with Gasteiger partial charge >= 0.3 is 0 Å². The molecule has 1 atom stereocenters. The first kappa shape index (κ1) is 23.2. The van der Waals surface area contributed by atoms with E-state index in [0.29, 0.717) is 12.0 Å². The van der Waals surface area contributed by atoms with Gasteiger partial charge in [-0.3, -0.25) is 4.90 Å². The maximum absolute atomic E-state index is 6.37. The SMILES string of the molecule is CC(C)c1oc(C2CCCN2CC2CCNCC2)nc1-c1ccccc1.Cl.Cl. The van der Waals surface area contributed by atoms with Crippen LogP contribution in [0.25, 0.3) is 11.3 Å². The monoisotopic (exact) mass is 425 g/mol. The van der Waals surface area contributed by atoms with Crippen LogP contribution in [-0.4, -0.2) is 36.1 Å². The zero-order valence-corrected chi connectivity index (χ0v) is 18.5. The van der Waals surface area contributed by atoms with Gasteiger partial charge in [-0.2, -0.15) is 0 Å². The third-order valence-electron chi connectivity index (χ3n) is 5.84. The molecule has 3 heterocycles. The van der Waals surface area contributed by atoms with Crippen molar-refractivity contribution in [1.29, 1.82) is 0 Å². The number of piperidine rings is 1. The first-order valence-corrected chi connectivity index (χ1v) is 10.2. The van der Waals surface area contributed by atoms with Crippen LogP contribution in [0.1, 0.15) is 63.1 Å². The number of aromatic nitrogens is 1.